The molecule has 1 saturated carbocycles. The van der Waals surface area contributed by atoms with Gasteiger partial charge in [0.25, 0.3) is 11.8 Å². The molecule has 6 nitrogen and oxygen atoms in total. The van der Waals surface area contributed by atoms with Crippen molar-refractivity contribution >= 4 is 23.5 Å². The topological polar surface area (TPSA) is 84.5 Å². The Morgan fingerprint density at radius 3 is 2.41 bits per heavy atom. The highest BCUT2D eigenvalue weighted by molar-refractivity contribution is 6.08. The number of carbonyl (C=O) groups is 3. The molecule has 1 aliphatic rings. The SMILES string of the molecule is CC1CCCCC1NC(=O)COC(=O)c1ccccc1NC(=O)c1ccccc1. The molecule has 2 atom stereocenters. The number of amides is 2. The van der Waals surface area contributed by atoms with E-state index in [1.165, 1.54) is 6.42 Å². The summed E-state index contributed by atoms with van der Waals surface area (Å²) in [7, 11) is 0. The first kappa shape index (κ1) is 20.6. The first-order valence-corrected chi connectivity index (χ1v) is 9.96. The van der Waals surface area contributed by atoms with Crippen LogP contribution in [0.5, 0.6) is 0 Å². The molecule has 2 amide bonds. The van der Waals surface area contributed by atoms with Crippen LogP contribution in [0.3, 0.4) is 0 Å². The van der Waals surface area contributed by atoms with E-state index in [0.29, 0.717) is 17.2 Å². The summed E-state index contributed by atoms with van der Waals surface area (Å²) in [5.41, 5.74) is 1.03. The van der Waals surface area contributed by atoms with E-state index in [9.17, 15) is 14.4 Å². The van der Waals surface area contributed by atoms with Crippen LogP contribution in [0.2, 0.25) is 0 Å². The average Bonchev–Trinajstić information content (AvgIpc) is 2.74. The van der Waals surface area contributed by atoms with Gasteiger partial charge < -0.3 is 15.4 Å². The van der Waals surface area contributed by atoms with E-state index in [1.807, 2.05) is 6.07 Å². The van der Waals surface area contributed by atoms with Gasteiger partial charge >= 0.3 is 5.97 Å². The summed E-state index contributed by atoms with van der Waals surface area (Å²) >= 11 is 0. The number of benzene rings is 2. The smallest absolute Gasteiger partial charge is 0.340 e. The number of esters is 1. The Morgan fingerprint density at radius 1 is 0.966 bits per heavy atom. The van der Waals surface area contributed by atoms with Gasteiger partial charge in [-0.15, -0.1) is 0 Å². The number of para-hydroxylation sites is 1. The second-order valence-corrected chi connectivity index (χ2v) is 7.38. The molecule has 1 fully saturated rings. The second-order valence-electron chi connectivity index (χ2n) is 7.38. The minimum Gasteiger partial charge on any atom is -0.452 e. The minimum absolute atomic E-state index is 0.132. The van der Waals surface area contributed by atoms with Gasteiger partial charge in [-0.3, -0.25) is 9.59 Å². The Kier molecular flexibility index (Phi) is 7.00. The summed E-state index contributed by atoms with van der Waals surface area (Å²) in [4.78, 5) is 37.1. The Morgan fingerprint density at radius 2 is 1.66 bits per heavy atom. The van der Waals surface area contributed by atoms with E-state index in [1.54, 1.807) is 48.5 Å². The Balaban J connectivity index is 1.58. The van der Waals surface area contributed by atoms with E-state index in [2.05, 4.69) is 17.6 Å². The summed E-state index contributed by atoms with van der Waals surface area (Å²) in [5.74, 6) is -0.851. The minimum atomic E-state index is -0.652. The lowest BCUT2D eigenvalue weighted by molar-refractivity contribution is -0.125. The van der Waals surface area contributed by atoms with E-state index in [0.717, 1.165) is 19.3 Å². The number of rotatable bonds is 6. The van der Waals surface area contributed by atoms with E-state index < -0.39 is 5.97 Å². The summed E-state index contributed by atoms with van der Waals surface area (Å²) in [6.07, 6.45) is 4.34. The zero-order valence-corrected chi connectivity index (χ0v) is 16.5. The summed E-state index contributed by atoms with van der Waals surface area (Å²) in [6, 6.07) is 15.4. The molecule has 0 bridgehead atoms. The van der Waals surface area contributed by atoms with Gasteiger partial charge in [-0.2, -0.15) is 0 Å². The quantitative estimate of drug-likeness (QED) is 0.730. The van der Waals surface area contributed by atoms with Gasteiger partial charge in [-0.1, -0.05) is 50.1 Å². The summed E-state index contributed by atoms with van der Waals surface area (Å²) in [5, 5.41) is 5.68. The molecule has 152 valence electrons. The van der Waals surface area contributed by atoms with Crippen molar-refractivity contribution < 1.29 is 19.1 Å². The van der Waals surface area contributed by atoms with Crippen LogP contribution in [0, 0.1) is 5.92 Å². The van der Waals surface area contributed by atoms with Crippen LogP contribution in [-0.2, 0) is 9.53 Å². The lowest BCUT2D eigenvalue weighted by Crippen LogP contribution is -2.42. The highest BCUT2D eigenvalue weighted by Crippen LogP contribution is 2.23. The molecule has 6 heteroatoms. The number of carbonyl (C=O) groups excluding carboxylic acids is 3. The van der Waals surface area contributed by atoms with Crippen LogP contribution >= 0.6 is 0 Å². The number of nitrogens with one attached hydrogen (secondary N) is 2. The standard InChI is InChI=1S/C23H26N2O4/c1-16-9-5-7-13-19(16)24-21(26)15-29-23(28)18-12-6-8-14-20(18)25-22(27)17-10-3-2-4-11-17/h2-4,6,8,10-12,14,16,19H,5,7,9,13,15H2,1H3,(H,24,26)(H,25,27). The average molecular weight is 394 g/mol. The summed E-state index contributed by atoms with van der Waals surface area (Å²) in [6.45, 7) is 1.78. The largest absolute Gasteiger partial charge is 0.452 e. The Labute approximate surface area is 170 Å². The molecule has 2 aromatic rings. The monoisotopic (exact) mass is 394 g/mol. The second kappa shape index (κ2) is 9.87. The van der Waals surface area contributed by atoms with E-state index in [-0.39, 0.29) is 30.0 Å². The highest BCUT2D eigenvalue weighted by atomic mass is 16.5. The molecular weight excluding hydrogens is 368 g/mol. The van der Waals surface area contributed by atoms with Crippen molar-refractivity contribution in [1.29, 1.82) is 0 Å². The molecule has 2 aromatic carbocycles. The molecule has 0 spiro atoms. The lowest BCUT2D eigenvalue weighted by Gasteiger charge is -2.29. The van der Waals surface area contributed by atoms with Gasteiger partial charge in [0.05, 0.1) is 11.3 Å². The Bertz CT molecular complexity index is 866. The predicted molar refractivity (Wildman–Crippen MR) is 111 cm³/mol. The van der Waals surface area contributed by atoms with Crippen LogP contribution in [0.15, 0.2) is 54.6 Å². The van der Waals surface area contributed by atoms with Crippen molar-refractivity contribution in [3.63, 3.8) is 0 Å². The third-order valence-corrected chi connectivity index (χ3v) is 5.22. The first-order chi connectivity index (χ1) is 14.0. The molecule has 2 N–H and O–H groups in total. The van der Waals surface area contributed by atoms with Gasteiger partial charge in [0, 0.05) is 11.6 Å². The van der Waals surface area contributed by atoms with Crippen molar-refractivity contribution in [2.75, 3.05) is 11.9 Å². The van der Waals surface area contributed by atoms with Gasteiger partial charge in [0.15, 0.2) is 6.61 Å². The maximum absolute atomic E-state index is 12.5. The summed E-state index contributed by atoms with van der Waals surface area (Å²) < 4.78 is 5.19. The molecule has 29 heavy (non-hydrogen) atoms. The van der Waals surface area contributed by atoms with Crippen LogP contribution in [0.4, 0.5) is 5.69 Å². The highest BCUT2D eigenvalue weighted by Gasteiger charge is 2.23. The fourth-order valence-electron chi connectivity index (χ4n) is 3.54. The number of hydrogen-bond donors (Lipinski definition) is 2. The predicted octanol–water partition coefficient (Wildman–Crippen LogP) is 3.79. The van der Waals surface area contributed by atoms with Crippen molar-refractivity contribution in [2.24, 2.45) is 5.92 Å². The maximum atomic E-state index is 12.5. The first-order valence-electron chi connectivity index (χ1n) is 9.96. The van der Waals surface area contributed by atoms with Gasteiger partial charge in [0.1, 0.15) is 0 Å². The van der Waals surface area contributed by atoms with Gasteiger partial charge in [-0.25, -0.2) is 4.79 Å². The Hall–Kier alpha value is -3.15. The zero-order chi connectivity index (χ0) is 20.6. The van der Waals surface area contributed by atoms with Crippen molar-refractivity contribution in [1.82, 2.24) is 5.32 Å². The molecule has 0 aromatic heterocycles. The van der Waals surface area contributed by atoms with Crippen LogP contribution in [0.25, 0.3) is 0 Å². The molecule has 2 unspecified atom stereocenters. The van der Waals surface area contributed by atoms with E-state index in [4.69, 9.17) is 4.74 Å². The fourth-order valence-corrected chi connectivity index (χ4v) is 3.54. The third-order valence-electron chi connectivity index (χ3n) is 5.22. The fraction of sp³-hybridized carbons (Fsp3) is 0.348. The molecule has 0 radical (unpaired) electrons. The number of hydrogen-bond acceptors (Lipinski definition) is 4. The van der Waals surface area contributed by atoms with Crippen molar-refractivity contribution in [3.8, 4) is 0 Å². The maximum Gasteiger partial charge on any atom is 0.340 e. The molecule has 0 saturated heterocycles. The van der Waals surface area contributed by atoms with Crippen LogP contribution < -0.4 is 10.6 Å². The third kappa shape index (κ3) is 5.67. The molecule has 3 rings (SSSR count). The molecule has 0 heterocycles. The van der Waals surface area contributed by atoms with Gasteiger partial charge in [0.2, 0.25) is 0 Å². The molecule has 1 aliphatic carbocycles. The molecular formula is C23H26N2O4. The number of anilines is 1. The van der Waals surface area contributed by atoms with Crippen molar-refractivity contribution in [2.45, 2.75) is 38.6 Å². The zero-order valence-electron chi connectivity index (χ0n) is 16.5. The van der Waals surface area contributed by atoms with Crippen molar-refractivity contribution in [3.05, 3.63) is 65.7 Å². The normalized spacial score (nSPS) is 18.5. The van der Waals surface area contributed by atoms with Gasteiger partial charge in [-0.05, 0) is 43.0 Å². The van der Waals surface area contributed by atoms with Crippen LogP contribution in [-0.4, -0.2) is 30.4 Å². The van der Waals surface area contributed by atoms with Crippen LogP contribution in [0.1, 0.15) is 53.3 Å². The molecule has 0 aliphatic heterocycles. The number of ether oxygens (including phenoxy) is 1. The van der Waals surface area contributed by atoms with E-state index >= 15 is 0 Å². The lowest BCUT2D eigenvalue weighted by atomic mass is 9.86.